The molecule has 1 aliphatic rings. The molecule has 4 N–H and O–H groups in total. The molecule has 4 heteroatoms. The van der Waals surface area contributed by atoms with Crippen LogP contribution in [0.25, 0.3) is 0 Å². The number of hydrogen-bond acceptors (Lipinski definition) is 2. The first kappa shape index (κ1) is 15.3. The highest BCUT2D eigenvalue weighted by atomic mass is 16.3. The molecule has 0 atom stereocenters. The molecule has 0 saturated heterocycles. The van der Waals surface area contributed by atoms with Gasteiger partial charge in [-0.2, -0.15) is 0 Å². The number of rotatable bonds is 5. The Hall–Kier alpha value is -0.770. The molecule has 1 fully saturated rings. The molecule has 1 aliphatic carbocycles. The van der Waals surface area contributed by atoms with E-state index in [0.29, 0.717) is 18.4 Å². The third-order valence-electron chi connectivity index (χ3n) is 3.85. The van der Waals surface area contributed by atoms with Gasteiger partial charge in [0.05, 0.1) is 12.1 Å². The van der Waals surface area contributed by atoms with Gasteiger partial charge in [0.2, 0.25) is 0 Å². The van der Waals surface area contributed by atoms with Crippen LogP contribution < -0.4 is 11.1 Å². The van der Waals surface area contributed by atoms with Gasteiger partial charge in [0.15, 0.2) is 5.96 Å². The Morgan fingerprint density at radius 2 is 2.06 bits per heavy atom. The van der Waals surface area contributed by atoms with E-state index < -0.39 is 5.60 Å². The number of nitrogens with zero attached hydrogens (tertiary/aromatic N) is 1. The van der Waals surface area contributed by atoms with E-state index in [9.17, 15) is 5.11 Å². The number of nitrogens with one attached hydrogen (secondary N) is 1. The molecule has 0 amide bonds. The van der Waals surface area contributed by atoms with Gasteiger partial charge in [0, 0.05) is 6.54 Å². The van der Waals surface area contributed by atoms with E-state index in [2.05, 4.69) is 31.1 Å². The SMILES string of the molecule is CCC1CCC(O)(CN=C(N)NCC(C)C)CC1. The second-order valence-corrected chi connectivity index (χ2v) is 6.05. The highest BCUT2D eigenvalue weighted by Gasteiger charge is 2.32. The normalized spacial score (nSPS) is 29.6. The van der Waals surface area contributed by atoms with Crippen LogP contribution >= 0.6 is 0 Å². The number of hydrogen-bond donors (Lipinski definition) is 3. The van der Waals surface area contributed by atoms with Gasteiger partial charge < -0.3 is 16.2 Å². The zero-order valence-electron chi connectivity index (χ0n) is 12.1. The van der Waals surface area contributed by atoms with Crippen molar-refractivity contribution in [3.8, 4) is 0 Å². The van der Waals surface area contributed by atoms with Crippen LogP contribution in [0, 0.1) is 11.8 Å². The Morgan fingerprint density at radius 1 is 1.44 bits per heavy atom. The van der Waals surface area contributed by atoms with Crippen LogP contribution in [0.1, 0.15) is 52.9 Å². The van der Waals surface area contributed by atoms with Crippen molar-refractivity contribution < 1.29 is 5.11 Å². The maximum absolute atomic E-state index is 10.4. The second kappa shape index (κ2) is 6.98. The standard InChI is InChI=1S/C14H29N3O/c1-4-12-5-7-14(18,8-6-12)10-17-13(15)16-9-11(2)3/h11-12,18H,4-10H2,1-3H3,(H3,15,16,17). The maximum atomic E-state index is 10.4. The zero-order chi connectivity index (χ0) is 13.6. The van der Waals surface area contributed by atoms with Crippen molar-refractivity contribution >= 4 is 5.96 Å². The van der Waals surface area contributed by atoms with E-state index in [1.807, 2.05) is 0 Å². The summed E-state index contributed by atoms with van der Waals surface area (Å²) in [6.45, 7) is 7.73. The minimum absolute atomic E-state index is 0.431. The summed E-state index contributed by atoms with van der Waals surface area (Å²) in [5.74, 6) is 1.78. The van der Waals surface area contributed by atoms with Crippen molar-refractivity contribution in [1.29, 1.82) is 0 Å². The summed E-state index contributed by atoms with van der Waals surface area (Å²) >= 11 is 0. The molecular formula is C14H29N3O. The van der Waals surface area contributed by atoms with Crippen LogP contribution in [0.4, 0.5) is 0 Å². The Labute approximate surface area is 111 Å². The average Bonchev–Trinajstić information content (AvgIpc) is 2.35. The molecule has 0 bridgehead atoms. The van der Waals surface area contributed by atoms with Crippen LogP contribution in [-0.4, -0.2) is 29.8 Å². The molecule has 0 unspecified atom stereocenters. The van der Waals surface area contributed by atoms with Gasteiger partial charge in [-0.15, -0.1) is 0 Å². The molecule has 1 saturated carbocycles. The molecule has 4 nitrogen and oxygen atoms in total. The van der Waals surface area contributed by atoms with Crippen molar-refractivity contribution in [2.45, 2.75) is 58.5 Å². The second-order valence-electron chi connectivity index (χ2n) is 6.05. The first-order chi connectivity index (χ1) is 8.45. The van der Waals surface area contributed by atoms with Crippen molar-refractivity contribution in [3.63, 3.8) is 0 Å². The first-order valence-corrected chi connectivity index (χ1v) is 7.21. The summed E-state index contributed by atoms with van der Waals surface area (Å²) in [4.78, 5) is 4.28. The summed E-state index contributed by atoms with van der Waals surface area (Å²) < 4.78 is 0. The van der Waals surface area contributed by atoms with Crippen LogP contribution in [0.3, 0.4) is 0 Å². The van der Waals surface area contributed by atoms with E-state index in [1.165, 1.54) is 6.42 Å². The molecule has 0 aromatic carbocycles. The van der Waals surface area contributed by atoms with Crippen molar-refractivity contribution in [3.05, 3.63) is 0 Å². The lowest BCUT2D eigenvalue weighted by molar-refractivity contribution is -0.000988. The van der Waals surface area contributed by atoms with Gasteiger partial charge in [0.25, 0.3) is 0 Å². The number of guanidine groups is 1. The summed E-state index contributed by atoms with van der Waals surface area (Å²) in [7, 11) is 0. The van der Waals surface area contributed by atoms with Crippen LogP contribution in [-0.2, 0) is 0 Å². The summed E-state index contributed by atoms with van der Waals surface area (Å²) in [5.41, 5.74) is 5.15. The van der Waals surface area contributed by atoms with E-state index in [4.69, 9.17) is 5.73 Å². The smallest absolute Gasteiger partial charge is 0.188 e. The van der Waals surface area contributed by atoms with Gasteiger partial charge >= 0.3 is 0 Å². The monoisotopic (exact) mass is 255 g/mol. The Morgan fingerprint density at radius 3 is 2.56 bits per heavy atom. The lowest BCUT2D eigenvalue weighted by Crippen LogP contribution is -2.40. The quantitative estimate of drug-likeness (QED) is 0.519. The predicted molar refractivity (Wildman–Crippen MR) is 76.5 cm³/mol. The fraction of sp³-hybridized carbons (Fsp3) is 0.929. The lowest BCUT2D eigenvalue weighted by Gasteiger charge is -2.34. The Kier molecular flexibility index (Phi) is 5.93. The average molecular weight is 255 g/mol. The summed E-state index contributed by atoms with van der Waals surface area (Å²) in [6.07, 6.45) is 5.15. The van der Waals surface area contributed by atoms with Gasteiger partial charge in [-0.05, 0) is 37.5 Å². The number of aliphatic hydroxyl groups is 1. The molecule has 0 heterocycles. The molecule has 0 aliphatic heterocycles. The highest BCUT2D eigenvalue weighted by Crippen LogP contribution is 2.33. The van der Waals surface area contributed by atoms with E-state index >= 15 is 0 Å². The third-order valence-corrected chi connectivity index (χ3v) is 3.85. The molecule has 0 aromatic rings. The van der Waals surface area contributed by atoms with Gasteiger partial charge in [-0.3, -0.25) is 4.99 Å². The van der Waals surface area contributed by atoms with E-state index in [0.717, 1.165) is 38.1 Å². The maximum Gasteiger partial charge on any atom is 0.188 e. The Balaban J connectivity index is 2.35. The first-order valence-electron chi connectivity index (χ1n) is 7.21. The lowest BCUT2D eigenvalue weighted by atomic mass is 9.78. The number of nitrogens with two attached hydrogens (primary N) is 1. The topological polar surface area (TPSA) is 70.6 Å². The van der Waals surface area contributed by atoms with Crippen LogP contribution in [0.5, 0.6) is 0 Å². The third kappa shape index (κ3) is 5.25. The van der Waals surface area contributed by atoms with Crippen molar-refractivity contribution in [2.24, 2.45) is 22.6 Å². The molecule has 0 spiro atoms. The van der Waals surface area contributed by atoms with Gasteiger partial charge in [-0.25, -0.2) is 0 Å². The highest BCUT2D eigenvalue weighted by molar-refractivity contribution is 5.77. The largest absolute Gasteiger partial charge is 0.388 e. The molecule has 18 heavy (non-hydrogen) atoms. The number of aliphatic imine (C=N–C) groups is 1. The molecule has 106 valence electrons. The fourth-order valence-electron chi connectivity index (χ4n) is 2.38. The Bertz CT molecular complexity index is 268. The molecule has 0 radical (unpaired) electrons. The molecule has 0 aromatic heterocycles. The molecular weight excluding hydrogens is 226 g/mol. The van der Waals surface area contributed by atoms with Gasteiger partial charge in [-0.1, -0.05) is 27.2 Å². The molecule has 1 rings (SSSR count). The fourth-order valence-corrected chi connectivity index (χ4v) is 2.38. The van der Waals surface area contributed by atoms with E-state index in [-0.39, 0.29) is 0 Å². The minimum Gasteiger partial charge on any atom is -0.388 e. The van der Waals surface area contributed by atoms with Crippen LogP contribution in [0.2, 0.25) is 0 Å². The summed E-state index contributed by atoms with van der Waals surface area (Å²) in [5, 5.41) is 13.5. The minimum atomic E-state index is -0.629. The van der Waals surface area contributed by atoms with Crippen LogP contribution in [0.15, 0.2) is 4.99 Å². The van der Waals surface area contributed by atoms with Crippen molar-refractivity contribution in [2.75, 3.05) is 13.1 Å². The van der Waals surface area contributed by atoms with Crippen molar-refractivity contribution in [1.82, 2.24) is 5.32 Å². The summed E-state index contributed by atoms with van der Waals surface area (Å²) in [6, 6.07) is 0. The van der Waals surface area contributed by atoms with Gasteiger partial charge in [0.1, 0.15) is 0 Å². The zero-order valence-corrected chi connectivity index (χ0v) is 12.1. The van der Waals surface area contributed by atoms with E-state index in [1.54, 1.807) is 0 Å². The predicted octanol–water partition coefficient (Wildman–Crippen LogP) is 1.88.